The van der Waals surface area contributed by atoms with Crippen molar-refractivity contribution in [3.63, 3.8) is 0 Å². The first-order valence-corrected chi connectivity index (χ1v) is 17.9. The molecule has 0 fully saturated rings. The smallest absolute Gasteiger partial charge is 0.372 e. The number of fused-ring (bicyclic) bond motifs is 2. The first-order chi connectivity index (χ1) is 22.8. The average molecular weight is 872 g/mol. The number of hydrogen-bond donors (Lipinski definition) is 0. The van der Waals surface area contributed by atoms with Gasteiger partial charge in [0.25, 0.3) is 0 Å². The van der Waals surface area contributed by atoms with Gasteiger partial charge in [-0.05, 0) is 59.8 Å². The number of hydrogen-bond acceptors (Lipinski definition) is 0. The molecule has 0 atom stereocenters. The van der Waals surface area contributed by atoms with Gasteiger partial charge >= 0.3 is 25.8 Å². The molecule has 0 saturated heterocycles. The molecular weight excluding hydrogens is 814 g/mol. The van der Waals surface area contributed by atoms with Crippen molar-refractivity contribution in [2.45, 2.75) is 86.5 Å². The summed E-state index contributed by atoms with van der Waals surface area (Å²) in [6, 6.07) is 41.0. The Kier molecular flexibility index (Phi) is 21.1. The van der Waals surface area contributed by atoms with Crippen molar-refractivity contribution in [2.24, 2.45) is 11.8 Å². The Bertz CT molecular complexity index is 1650. The third-order valence-electron chi connectivity index (χ3n) is 8.52. The maximum absolute atomic E-state index is 3.38. The number of aryl methyl sites for hydroxylation is 2. The zero-order valence-electron chi connectivity index (χ0n) is 31.2. The zero-order chi connectivity index (χ0) is 33.8. The summed E-state index contributed by atoms with van der Waals surface area (Å²) >= 11 is 0. The predicted molar refractivity (Wildman–Crippen MR) is 225 cm³/mol. The van der Waals surface area contributed by atoms with Gasteiger partial charge in [-0.2, -0.15) is 12.1 Å². The normalized spacial score (nSPS) is 10.4. The number of benzene rings is 4. The van der Waals surface area contributed by atoms with Crippen molar-refractivity contribution >= 4 is 46.4 Å². The molecule has 0 radical (unpaired) electrons. The van der Waals surface area contributed by atoms with Crippen molar-refractivity contribution in [3.8, 4) is 22.3 Å². The molecule has 0 aliphatic rings. The fraction of sp³-hybridized carbons (Fsp3) is 0.319. The van der Waals surface area contributed by atoms with Crippen LogP contribution in [0, 0.1) is 25.7 Å². The molecule has 6 aromatic carbocycles. The molecule has 0 aliphatic carbocycles. The summed E-state index contributed by atoms with van der Waals surface area (Å²) in [6.07, 6.45) is 7.80. The molecule has 0 amide bonds. The van der Waals surface area contributed by atoms with Crippen LogP contribution in [0.4, 0.5) is 0 Å². The van der Waals surface area contributed by atoms with Crippen LogP contribution in [0.25, 0.3) is 43.8 Å². The van der Waals surface area contributed by atoms with E-state index in [0.717, 1.165) is 19.3 Å². The van der Waals surface area contributed by atoms with Crippen LogP contribution < -0.4 is 0 Å². The van der Waals surface area contributed by atoms with Gasteiger partial charge in [0, 0.05) is 0 Å². The maximum atomic E-state index is 3.38. The van der Waals surface area contributed by atoms with Gasteiger partial charge in [-0.3, -0.25) is 0 Å². The van der Waals surface area contributed by atoms with Gasteiger partial charge < -0.3 is 20.3 Å². The van der Waals surface area contributed by atoms with Crippen LogP contribution in [0.3, 0.4) is 0 Å². The molecule has 0 saturated carbocycles. The quantitative estimate of drug-likeness (QED) is 0.0950. The van der Waals surface area contributed by atoms with Gasteiger partial charge in [0.2, 0.25) is 0 Å². The maximum Gasteiger partial charge on any atom is 4.00 e. The van der Waals surface area contributed by atoms with Gasteiger partial charge in [0.05, 0.1) is 0 Å². The van der Waals surface area contributed by atoms with Gasteiger partial charge in [0.15, 0.2) is 0 Å². The minimum atomic E-state index is 0. The first kappa shape index (κ1) is 45.6. The Labute approximate surface area is 335 Å². The Hall–Kier alpha value is -2.45. The first-order valence-electron chi connectivity index (χ1n) is 17.9. The van der Waals surface area contributed by atoms with Crippen LogP contribution in [0.15, 0.2) is 109 Å². The molecule has 0 aromatic heterocycles. The Morgan fingerprint density at radius 3 is 1.18 bits per heavy atom. The van der Waals surface area contributed by atoms with E-state index < -0.39 is 0 Å². The molecule has 6 aromatic rings. The monoisotopic (exact) mass is 872 g/mol. The van der Waals surface area contributed by atoms with E-state index in [0.29, 0.717) is 11.8 Å². The molecule has 0 aliphatic heterocycles. The van der Waals surface area contributed by atoms with Crippen LogP contribution >= 0.6 is 24.8 Å². The van der Waals surface area contributed by atoms with Gasteiger partial charge in [-0.15, -0.1) is 93.9 Å². The van der Waals surface area contributed by atoms with Crippen molar-refractivity contribution < 1.29 is 25.8 Å². The van der Waals surface area contributed by atoms with Gasteiger partial charge in [-0.1, -0.05) is 126 Å². The minimum Gasteiger partial charge on any atom is -0.372 e. The molecule has 0 heterocycles. The fourth-order valence-electron chi connectivity index (χ4n) is 6.55. The van der Waals surface area contributed by atoms with Crippen LogP contribution in [-0.2, 0) is 51.5 Å². The van der Waals surface area contributed by atoms with Gasteiger partial charge in [-0.25, -0.2) is 0 Å². The summed E-state index contributed by atoms with van der Waals surface area (Å²) in [5.74, 6) is 1.40. The summed E-state index contributed by atoms with van der Waals surface area (Å²) in [7, 11) is 0. The predicted octanol–water partition coefficient (Wildman–Crippen LogP) is 14.6. The van der Waals surface area contributed by atoms with E-state index in [2.05, 4.69) is 165 Å². The molecule has 0 unspecified atom stereocenters. The Balaban J connectivity index is 0.000000439. The van der Waals surface area contributed by atoms with E-state index in [1.54, 1.807) is 0 Å². The second-order valence-electron chi connectivity index (χ2n) is 13.8. The molecule has 0 bridgehead atoms. The van der Waals surface area contributed by atoms with Gasteiger partial charge in [0.1, 0.15) is 0 Å². The van der Waals surface area contributed by atoms with Crippen molar-refractivity contribution in [1.82, 2.24) is 0 Å². The summed E-state index contributed by atoms with van der Waals surface area (Å²) in [6.45, 7) is 20.3. The van der Waals surface area contributed by atoms with Crippen molar-refractivity contribution in [1.29, 1.82) is 0 Å². The molecule has 0 spiro atoms. The van der Waals surface area contributed by atoms with Crippen molar-refractivity contribution in [3.05, 3.63) is 145 Å². The van der Waals surface area contributed by atoms with E-state index in [1.807, 2.05) is 0 Å². The molecule has 50 heavy (non-hydrogen) atoms. The van der Waals surface area contributed by atoms with E-state index in [4.69, 9.17) is 0 Å². The van der Waals surface area contributed by atoms with Crippen molar-refractivity contribution in [2.75, 3.05) is 0 Å². The van der Waals surface area contributed by atoms with E-state index in [-0.39, 0.29) is 50.7 Å². The Morgan fingerprint density at radius 1 is 0.540 bits per heavy atom. The average Bonchev–Trinajstić information content (AvgIpc) is 3.65. The Morgan fingerprint density at radius 2 is 0.880 bits per heavy atom. The van der Waals surface area contributed by atoms with E-state index in [9.17, 15) is 0 Å². The summed E-state index contributed by atoms with van der Waals surface area (Å²) in [4.78, 5) is 0. The second-order valence-corrected chi connectivity index (χ2v) is 13.8. The molecule has 0 N–H and O–H groups in total. The standard InChI is InChI=1S/2C22H25.C3H6.2ClH.Hf/c2*1-4-6-17-9-11-19(12-10-17)21-8-5-7-20-14-18(13-16(2)3)15-22(20)21;1-3-2;;;/h2*5,7-12,14-16H,4,6,13H2,1-3H3;1-3H2;2*1H;/q2*-1;-2;;;+4. The zero-order valence-corrected chi connectivity index (χ0v) is 36.5. The van der Waals surface area contributed by atoms with Crippen LogP contribution in [0.1, 0.15) is 83.1 Å². The molecule has 0 nitrogen and oxygen atoms in total. The molecule has 264 valence electrons. The summed E-state index contributed by atoms with van der Waals surface area (Å²) in [5, 5.41) is 5.51. The van der Waals surface area contributed by atoms with E-state index >= 15 is 0 Å². The third kappa shape index (κ3) is 13.0. The second kappa shape index (κ2) is 23.2. The molecular formula is C47H58Cl2Hf. The SMILES string of the molecule is CCCc1ccc(-c2cccc3[cH-]c(CC(C)C)cc23)cc1.CCCc1ccc(-c2cccc3[cH-]c(CC(C)C)cc23)cc1.Cl.Cl.[CH2-]C[CH2-].[Hf+4]. The summed E-state index contributed by atoms with van der Waals surface area (Å²) in [5.41, 5.74) is 11.1. The molecule has 6 rings (SSSR count). The summed E-state index contributed by atoms with van der Waals surface area (Å²) < 4.78 is 0. The molecule has 3 heteroatoms. The largest absolute Gasteiger partial charge is 4.00 e. The number of rotatable bonds is 10. The minimum absolute atomic E-state index is 0. The van der Waals surface area contributed by atoms with E-state index in [1.165, 1.54) is 91.7 Å². The van der Waals surface area contributed by atoms with Crippen LogP contribution in [0.2, 0.25) is 0 Å². The number of halogens is 2. The topological polar surface area (TPSA) is 0 Å². The van der Waals surface area contributed by atoms with Crippen LogP contribution in [0.5, 0.6) is 0 Å². The fourth-order valence-corrected chi connectivity index (χ4v) is 6.55. The van der Waals surface area contributed by atoms with Crippen LogP contribution in [-0.4, -0.2) is 0 Å². The third-order valence-corrected chi connectivity index (χ3v) is 8.52.